The summed E-state index contributed by atoms with van der Waals surface area (Å²) >= 11 is 6.62. The monoisotopic (exact) mass is 279 g/mol. The molecule has 1 aromatic heterocycles. The molecular formula is C13H13NO2S2. The van der Waals surface area contributed by atoms with Crippen molar-refractivity contribution in [2.75, 3.05) is 7.11 Å². The smallest absolute Gasteiger partial charge is 0.124 e. The lowest BCUT2D eigenvalue weighted by Crippen LogP contribution is -2.09. The van der Waals surface area contributed by atoms with Gasteiger partial charge >= 0.3 is 0 Å². The fraction of sp³-hybridized carbons (Fsp3) is 0.154. The molecule has 0 fully saturated rings. The molecule has 0 atom stereocenters. The van der Waals surface area contributed by atoms with Crippen LogP contribution in [0.15, 0.2) is 35.7 Å². The van der Waals surface area contributed by atoms with Crippen molar-refractivity contribution in [3.8, 4) is 11.5 Å². The number of methoxy groups -OCH3 is 1. The number of thiocarbonyl (C=S) groups is 1. The van der Waals surface area contributed by atoms with Gasteiger partial charge in [-0.25, -0.2) is 0 Å². The van der Waals surface area contributed by atoms with E-state index in [0.717, 1.165) is 10.4 Å². The van der Waals surface area contributed by atoms with Gasteiger partial charge in [0.05, 0.1) is 7.11 Å². The summed E-state index contributed by atoms with van der Waals surface area (Å²) in [5.74, 6) is 1.38. The van der Waals surface area contributed by atoms with E-state index in [1.54, 1.807) is 24.5 Å². The molecule has 0 unspecified atom stereocenters. The average molecular weight is 279 g/mol. The molecule has 0 bridgehead atoms. The molecule has 0 saturated carbocycles. The van der Waals surface area contributed by atoms with E-state index in [-0.39, 0.29) is 0 Å². The molecule has 0 amide bonds. The quantitative estimate of drug-likeness (QED) is 0.855. The van der Waals surface area contributed by atoms with Gasteiger partial charge in [0.2, 0.25) is 0 Å². The third-order valence-electron chi connectivity index (χ3n) is 2.36. The van der Waals surface area contributed by atoms with Crippen LogP contribution in [-0.4, -0.2) is 12.1 Å². The van der Waals surface area contributed by atoms with Crippen molar-refractivity contribution in [1.29, 1.82) is 0 Å². The van der Waals surface area contributed by atoms with Gasteiger partial charge < -0.3 is 15.2 Å². The molecule has 0 aliphatic heterocycles. The van der Waals surface area contributed by atoms with Crippen LogP contribution in [0.5, 0.6) is 11.5 Å². The van der Waals surface area contributed by atoms with E-state index >= 15 is 0 Å². The zero-order valence-corrected chi connectivity index (χ0v) is 11.5. The standard InChI is InChI=1S/C13H13NO2S2/c1-15-10-5-9(13(14)17)6-11(7-10)16-8-12-3-2-4-18-12/h2-7H,8H2,1H3,(H2,14,17). The van der Waals surface area contributed by atoms with Crippen LogP contribution in [0, 0.1) is 0 Å². The molecule has 0 aliphatic carbocycles. The predicted octanol–water partition coefficient (Wildman–Crippen LogP) is 2.97. The van der Waals surface area contributed by atoms with E-state index < -0.39 is 0 Å². The maximum absolute atomic E-state index is 5.70. The highest BCUT2D eigenvalue weighted by molar-refractivity contribution is 7.80. The van der Waals surface area contributed by atoms with E-state index in [9.17, 15) is 0 Å². The Morgan fingerprint density at radius 3 is 2.72 bits per heavy atom. The minimum atomic E-state index is 0.329. The van der Waals surface area contributed by atoms with E-state index in [0.29, 0.717) is 23.1 Å². The molecule has 3 nitrogen and oxygen atoms in total. The highest BCUT2D eigenvalue weighted by Gasteiger charge is 2.05. The number of rotatable bonds is 5. The number of hydrogen-bond donors (Lipinski definition) is 1. The summed E-state index contributed by atoms with van der Waals surface area (Å²) in [7, 11) is 1.60. The van der Waals surface area contributed by atoms with Gasteiger partial charge in [0.1, 0.15) is 23.1 Å². The molecule has 1 aromatic carbocycles. The molecule has 2 aromatic rings. The summed E-state index contributed by atoms with van der Waals surface area (Å²) in [6, 6.07) is 9.45. The number of benzene rings is 1. The second-order valence-electron chi connectivity index (χ2n) is 3.63. The molecule has 0 spiro atoms. The predicted molar refractivity (Wildman–Crippen MR) is 77.5 cm³/mol. The van der Waals surface area contributed by atoms with Crippen LogP contribution >= 0.6 is 23.6 Å². The fourth-order valence-corrected chi connectivity index (χ4v) is 2.20. The lowest BCUT2D eigenvalue weighted by atomic mass is 10.2. The second kappa shape index (κ2) is 5.84. The van der Waals surface area contributed by atoms with Crippen LogP contribution in [0.1, 0.15) is 10.4 Å². The molecule has 0 saturated heterocycles. The Morgan fingerprint density at radius 2 is 2.11 bits per heavy atom. The van der Waals surface area contributed by atoms with Crippen molar-refractivity contribution in [2.45, 2.75) is 6.61 Å². The SMILES string of the molecule is COc1cc(OCc2cccs2)cc(C(N)=S)c1. The number of thiophene rings is 1. The van der Waals surface area contributed by atoms with Gasteiger partial charge in [-0.1, -0.05) is 18.3 Å². The maximum atomic E-state index is 5.70. The fourth-order valence-electron chi connectivity index (χ4n) is 1.46. The third-order valence-corrected chi connectivity index (χ3v) is 3.45. The van der Waals surface area contributed by atoms with Crippen molar-refractivity contribution >= 4 is 28.5 Å². The Kier molecular flexibility index (Phi) is 4.17. The van der Waals surface area contributed by atoms with Crippen molar-refractivity contribution < 1.29 is 9.47 Å². The number of ether oxygens (including phenoxy) is 2. The summed E-state index contributed by atoms with van der Waals surface area (Å²) < 4.78 is 10.9. The number of nitrogens with two attached hydrogens (primary N) is 1. The Bertz CT molecular complexity index is 538. The van der Waals surface area contributed by atoms with Crippen LogP contribution in [0.25, 0.3) is 0 Å². The zero-order valence-electron chi connectivity index (χ0n) is 9.88. The third kappa shape index (κ3) is 3.21. The van der Waals surface area contributed by atoms with Gasteiger partial charge in [0.25, 0.3) is 0 Å². The Labute approximate surface area is 115 Å². The Hall–Kier alpha value is -1.59. The Balaban J connectivity index is 2.16. The summed E-state index contributed by atoms with van der Waals surface area (Å²) in [6.45, 7) is 0.529. The molecule has 18 heavy (non-hydrogen) atoms. The molecular weight excluding hydrogens is 266 g/mol. The van der Waals surface area contributed by atoms with Gasteiger partial charge in [-0.05, 0) is 23.6 Å². The normalized spacial score (nSPS) is 10.1. The lowest BCUT2D eigenvalue weighted by Gasteiger charge is -2.09. The van der Waals surface area contributed by atoms with Crippen molar-refractivity contribution in [2.24, 2.45) is 5.73 Å². The van der Waals surface area contributed by atoms with E-state index in [1.165, 1.54) is 0 Å². The van der Waals surface area contributed by atoms with Crippen LogP contribution in [0.3, 0.4) is 0 Å². The van der Waals surface area contributed by atoms with E-state index in [1.807, 2.05) is 29.6 Å². The van der Waals surface area contributed by atoms with Crippen LogP contribution in [-0.2, 0) is 6.61 Å². The number of hydrogen-bond acceptors (Lipinski definition) is 4. The minimum Gasteiger partial charge on any atom is -0.497 e. The Morgan fingerprint density at radius 1 is 1.33 bits per heavy atom. The first-order valence-electron chi connectivity index (χ1n) is 5.33. The first kappa shape index (κ1) is 12.9. The minimum absolute atomic E-state index is 0.329. The van der Waals surface area contributed by atoms with Gasteiger partial charge in [0, 0.05) is 16.5 Å². The first-order chi connectivity index (χ1) is 8.69. The van der Waals surface area contributed by atoms with E-state index in [2.05, 4.69) is 0 Å². The summed E-state index contributed by atoms with van der Waals surface area (Å²) in [5.41, 5.74) is 6.36. The molecule has 0 aliphatic rings. The molecule has 5 heteroatoms. The molecule has 2 N–H and O–H groups in total. The maximum Gasteiger partial charge on any atom is 0.124 e. The highest BCUT2D eigenvalue weighted by Crippen LogP contribution is 2.24. The molecule has 94 valence electrons. The van der Waals surface area contributed by atoms with Gasteiger partial charge in [-0.2, -0.15) is 0 Å². The van der Waals surface area contributed by atoms with Crippen LogP contribution < -0.4 is 15.2 Å². The molecule has 1 heterocycles. The van der Waals surface area contributed by atoms with Gasteiger partial charge in [0.15, 0.2) is 0 Å². The summed E-state index contributed by atoms with van der Waals surface area (Å²) in [6.07, 6.45) is 0. The van der Waals surface area contributed by atoms with Gasteiger partial charge in [-0.3, -0.25) is 0 Å². The van der Waals surface area contributed by atoms with Crippen LogP contribution in [0.4, 0.5) is 0 Å². The van der Waals surface area contributed by atoms with Crippen LogP contribution in [0.2, 0.25) is 0 Å². The van der Waals surface area contributed by atoms with E-state index in [4.69, 9.17) is 27.4 Å². The molecule has 0 radical (unpaired) electrons. The highest BCUT2D eigenvalue weighted by atomic mass is 32.1. The van der Waals surface area contributed by atoms with Crippen molar-refractivity contribution in [3.05, 3.63) is 46.2 Å². The lowest BCUT2D eigenvalue weighted by molar-refractivity contribution is 0.307. The topological polar surface area (TPSA) is 44.5 Å². The van der Waals surface area contributed by atoms with Crippen molar-refractivity contribution in [1.82, 2.24) is 0 Å². The zero-order chi connectivity index (χ0) is 13.0. The van der Waals surface area contributed by atoms with Crippen molar-refractivity contribution in [3.63, 3.8) is 0 Å². The summed E-state index contributed by atoms with van der Waals surface area (Å²) in [5, 5.41) is 2.02. The average Bonchev–Trinajstić information content (AvgIpc) is 2.89. The van der Waals surface area contributed by atoms with Gasteiger partial charge in [-0.15, -0.1) is 11.3 Å². The largest absolute Gasteiger partial charge is 0.497 e. The summed E-state index contributed by atoms with van der Waals surface area (Å²) in [4.78, 5) is 1.49. The second-order valence-corrected chi connectivity index (χ2v) is 5.10. The molecule has 2 rings (SSSR count). The first-order valence-corrected chi connectivity index (χ1v) is 6.62.